The molecule has 0 spiro atoms. The van der Waals surface area contributed by atoms with Gasteiger partial charge in [0.15, 0.2) is 5.82 Å². The molecule has 0 saturated carbocycles. The van der Waals surface area contributed by atoms with Crippen LogP contribution >= 0.6 is 12.4 Å². The SMILES string of the molecule is Cc1cc(C)nc(Nc2cncc(C3CCCN3)n2)n1.Cl. The van der Waals surface area contributed by atoms with E-state index < -0.39 is 0 Å². The molecule has 21 heavy (non-hydrogen) atoms. The maximum atomic E-state index is 4.59. The smallest absolute Gasteiger partial charge is 0.228 e. The van der Waals surface area contributed by atoms with Crippen molar-refractivity contribution in [2.24, 2.45) is 0 Å². The third-order valence-corrected chi connectivity index (χ3v) is 3.29. The van der Waals surface area contributed by atoms with Crippen LogP contribution in [-0.4, -0.2) is 26.5 Å². The van der Waals surface area contributed by atoms with Gasteiger partial charge in [-0.15, -0.1) is 12.4 Å². The van der Waals surface area contributed by atoms with E-state index in [1.165, 1.54) is 6.42 Å². The number of hydrogen-bond donors (Lipinski definition) is 2. The molecule has 1 aliphatic heterocycles. The van der Waals surface area contributed by atoms with Crippen LogP contribution in [0.25, 0.3) is 0 Å². The van der Waals surface area contributed by atoms with Gasteiger partial charge < -0.3 is 10.6 Å². The van der Waals surface area contributed by atoms with E-state index in [0.717, 1.165) is 30.0 Å². The first kappa shape index (κ1) is 15.6. The fraction of sp³-hybridized carbons (Fsp3) is 0.429. The molecule has 0 amide bonds. The molecule has 0 aromatic carbocycles. The molecular formula is C14H19ClN6. The predicted molar refractivity (Wildman–Crippen MR) is 84.0 cm³/mol. The molecule has 1 fully saturated rings. The standard InChI is InChI=1S/C14H18N6.ClH/c1-9-6-10(2)18-14(17-9)20-13-8-15-7-12(19-13)11-4-3-5-16-11;/h6-8,11,16H,3-5H2,1-2H3,(H,17,18,19,20);1H. The van der Waals surface area contributed by atoms with Crippen LogP contribution in [0.2, 0.25) is 0 Å². The normalized spacial score (nSPS) is 17.3. The Bertz CT molecular complexity index is 592. The third-order valence-electron chi connectivity index (χ3n) is 3.29. The summed E-state index contributed by atoms with van der Waals surface area (Å²) < 4.78 is 0. The van der Waals surface area contributed by atoms with E-state index in [4.69, 9.17) is 0 Å². The first-order valence-corrected chi connectivity index (χ1v) is 6.85. The first-order chi connectivity index (χ1) is 9.70. The van der Waals surface area contributed by atoms with Gasteiger partial charge >= 0.3 is 0 Å². The van der Waals surface area contributed by atoms with Gasteiger partial charge in [-0.1, -0.05) is 0 Å². The van der Waals surface area contributed by atoms with Crippen molar-refractivity contribution in [2.45, 2.75) is 32.7 Å². The lowest BCUT2D eigenvalue weighted by molar-refractivity contribution is 0.625. The molecule has 7 heteroatoms. The van der Waals surface area contributed by atoms with Crippen molar-refractivity contribution in [1.82, 2.24) is 25.3 Å². The summed E-state index contributed by atoms with van der Waals surface area (Å²) in [5, 5.41) is 6.55. The molecule has 0 aliphatic carbocycles. The Morgan fingerprint density at radius 2 is 1.90 bits per heavy atom. The second kappa shape index (κ2) is 6.78. The number of aromatic nitrogens is 4. The maximum Gasteiger partial charge on any atom is 0.228 e. The Morgan fingerprint density at radius 1 is 1.14 bits per heavy atom. The van der Waals surface area contributed by atoms with Crippen LogP contribution in [0.3, 0.4) is 0 Å². The summed E-state index contributed by atoms with van der Waals surface area (Å²) in [5.74, 6) is 1.24. The molecule has 2 aromatic heterocycles. The Balaban J connectivity index is 0.00000161. The Kier molecular flexibility index (Phi) is 5.03. The van der Waals surface area contributed by atoms with Crippen LogP contribution in [-0.2, 0) is 0 Å². The van der Waals surface area contributed by atoms with Gasteiger partial charge in [0.1, 0.15) is 0 Å². The van der Waals surface area contributed by atoms with E-state index in [2.05, 4.69) is 30.6 Å². The van der Waals surface area contributed by atoms with Gasteiger partial charge in [0.05, 0.1) is 24.1 Å². The predicted octanol–water partition coefficient (Wildman–Crippen LogP) is 2.47. The minimum absolute atomic E-state index is 0. The second-order valence-corrected chi connectivity index (χ2v) is 5.08. The molecule has 0 radical (unpaired) electrons. The molecule has 112 valence electrons. The van der Waals surface area contributed by atoms with Crippen molar-refractivity contribution in [1.29, 1.82) is 0 Å². The van der Waals surface area contributed by atoms with Crippen molar-refractivity contribution >= 4 is 24.2 Å². The Morgan fingerprint density at radius 3 is 2.57 bits per heavy atom. The van der Waals surface area contributed by atoms with Gasteiger partial charge in [0.25, 0.3) is 0 Å². The monoisotopic (exact) mass is 306 g/mol. The summed E-state index contributed by atoms with van der Waals surface area (Å²) in [5.41, 5.74) is 2.83. The van der Waals surface area contributed by atoms with Gasteiger partial charge in [-0.25, -0.2) is 15.0 Å². The van der Waals surface area contributed by atoms with E-state index >= 15 is 0 Å². The summed E-state index contributed by atoms with van der Waals surface area (Å²) in [6.07, 6.45) is 5.80. The molecule has 3 heterocycles. The van der Waals surface area contributed by atoms with Crippen molar-refractivity contribution in [3.8, 4) is 0 Å². The van der Waals surface area contributed by atoms with E-state index in [1.807, 2.05) is 26.1 Å². The molecule has 3 rings (SSSR count). The fourth-order valence-electron chi connectivity index (χ4n) is 2.44. The van der Waals surface area contributed by atoms with Gasteiger partial charge in [0, 0.05) is 11.4 Å². The van der Waals surface area contributed by atoms with Crippen molar-refractivity contribution in [2.75, 3.05) is 11.9 Å². The van der Waals surface area contributed by atoms with Gasteiger partial charge in [-0.3, -0.25) is 4.98 Å². The van der Waals surface area contributed by atoms with Crippen LogP contribution in [0.1, 0.15) is 36.0 Å². The van der Waals surface area contributed by atoms with Crippen LogP contribution in [0, 0.1) is 13.8 Å². The minimum atomic E-state index is 0. The summed E-state index contributed by atoms with van der Waals surface area (Å²) in [6, 6.07) is 2.25. The highest BCUT2D eigenvalue weighted by Gasteiger charge is 2.18. The van der Waals surface area contributed by atoms with Crippen LogP contribution in [0.5, 0.6) is 0 Å². The largest absolute Gasteiger partial charge is 0.309 e. The average Bonchev–Trinajstić information content (AvgIpc) is 2.91. The number of rotatable bonds is 3. The number of nitrogens with one attached hydrogen (secondary N) is 2. The summed E-state index contributed by atoms with van der Waals surface area (Å²) in [7, 11) is 0. The first-order valence-electron chi connectivity index (χ1n) is 6.85. The Hall–Kier alpha value is -1.79. The zero-order valence-electron chi connectivity index (χ0n) is 12.1. The lowest BCUT2D eigenvalue weighted by Gasteiger charge is -2.11. The van der Waals surface area contributed by atoms with Crippen LogP contribution < -0.4 is 10.6 Å². The van der Waals surface area contributed by atoms with E-state index in [9.17, 15) is 0 Å². The lowest BCUT2D eigenvalue weighted by atomic mass is 10.2. The number of aryl methyl sites for hydroxylation is 2. The summed E-state index contributed by atoms with van der Waals surface area (Å²) in [4.78, 5) is 17.5. The van der Waals surface area contributed by atoms with Gasteiger partial charge in [0.2, 0.25) is 5.95 Å². The van der Waals surface area contributed by atoms with Crippen molar-refractivity contribution in [3.63, 3.8) is 0 Å². The fourth-order valence-corrected chi connectivity index (χ4v) is 2.44. The topological polar surface area (TPSA) is 75.6 Å². The molecule has 6 nitrogen and oxygen atoms in total. The maximum absolute atomic E-state index is 4.59. The molecular weight excluding hydrogens is 288 g/mol. The quantitative estimate of drug-likeness (QED) is 0.907. The van der Waals surface area contributed by atoms with Gasteiger partial charge in [-0.2, -0.15) is 0 Å². The van der Waals surface area contributed by atoms with Crippen molar-refractivity contribution < 1.29 is 0 Å². The van der Waals surface area contributed by atoms with Gasteiger partial charge in [-0.05, 0) is 39.3 Å². The molecule has 1 saturated heterocycles. The molecule has 1 unspecified atom stereocenters. The zero-order chi connectivity index (χ0) is 13.9. The minimum Gasteiger partial charge on any atom is -0.309 e. The Labute approximate surface area is 130 Å². The average molecular weight is 307 g/mol. The molecule has 0 bridgehead atoms. The highest BCUT2D eigenvalue weighted by molar-refractivity contribution is 5.85. The molecule has 2 N–H and O–H groups in total. The van der Waals surface area contributed by atoms with E-state index in [0.29, 0.717) is 17.8 Å². The van der Waals surface area contributed by atoms with Crippen molar-refractivity contribution in [3.05, 3.63) is 35.5 Å². The number of anilines is 2. The zero-order valence-corrected chi connectivity index (χ0v) is 12.9. The highest BCUT2D eigenvalue weighted by Crippen LogP contribution is 2.22. The van der Waals surface area contributed by atoms with Crippen LogP contribution in [0.15, 0.2) is 18.5 Å². The van der Waals surface area contributed by atoms with E-state index in [-0.39, 0.29) is 12.4 Å². The van der Waals surface area contributed by atoms with E-state index in [1.54, 1.807) is 6.20 Å². The number of hydrogen-bond acceptors (Lipinski definition) is 6. The summed E-state index contributed by atoms with van der Waals surface area (Å²) in [6.45, 7) is 4.94. The molecule has 1 aliphatic rings. The second-order valence-electron chi connectivity index (χ2n) is 5.08. The third kappa shape index (κ3) is 3.86. The lowest BCUT2D eigenvalue weighted by Crippen LogP contribution is -2.15. The van der Waals surface area contributed by atoms with Crippen LogP contribution in [0.4, 0.5) is 11.8 Å². The highest BCUT2D eigenvalue weighted by atomic mass is 35.5. The molecule has 1 atom stereocenters. The number of halogens is 1. The molecule has 2 aromatic rings. The number of nitrogens with zero attached hydrogens (tertiary/aromatic N) is 4. The summed E-state index contributed by atoms with van der Waals surface area (Å²) >= 11 is 0.